The Morgan fingerprint density at radius 2 is 2.06 bits per heavy atom. The third kappa shape index (κ3) is 2.00. The predicted molar refractivity (Wildman–Crippen MR) is 57.7 cm³/mol. The van der Waals surface area contributed by atoms with E-state index >= 15 is 0 Å². The highest BCUT2D eigenvalue weighted by molar-refractivity contribution is 5.60. The van der Waals surface area contributed by atoms with Crippen molar-refractivity contribution in [3.8, 4) is 11.8 Å². The molecule has 0 saturated heterocycles. The Hall–Kier alpha value is -2.49. The van der Waals surface area contributed by atoms with Gasteiger partial charge in [0.15, 0.2) is 0 Å². The molecule has 0 spiro atoms. The molecular weight excluding hydrogens is 245 g/mol. The molecule has 0 aliphatic heterocycles. The minimum atomic E-state index is -4.44. The minimum absolute atomic E-state index is 0.0569. The summed E-state index contributed by atoms with van der Waals surface area (Å²) in [5.74, 6) is 0.0569. The van der Waals surface area contributed by atoms with Crippen LogP contribution in [0.2, 0.25) is 0 Å². The Morgan fingerprint density at radius 1 is 1.33 bits per heavy atom. The summed E-state index contributed by atoms with van der Waals surface area (Å²) in [6.45, 7) is 0. The van der Waals surface area contributed by atoms with E-state index in [4.69, 9.17) is 11.0 Å². The van der Waals surface area contributed by atoms with Gasteiger partial charge < -0.3 is 5.73 Å². The van der Waals surface area contributed by atoms with Gasteiger partial charge in [0.25, 0.3) is 0 Å². The second kappa shape index (κ2) is 4.07. The zero-order chi connectivity index (χ0) is 13.3. The van der Waals surface area contributed by atoms with Crippen LogP contribution in [0.1, 0.15) is 11.4 Å². The Bertz CT molecular complexity index is 622. The van der Waals surface area contributed by atoms with Crippen molar-refractivity contribution in [2.24, 2.45) is 0 Å². The van der Waals surface area contributed by atoms with Gasteiger partial charge in [0.05, 0.1) is 16.9 Å². The average molecular weight is 252 g/mol. The molecule has 0 atom stereocenters. The first kappa shape index (κ1) is 12.0. The third-order valence-electron chi connectivity index (χ3n) is 2.36. The van der Waals surface area contributed by atoms with Crippen LogP contribution < -0.4 is 5.73 Å². The number of hydrogen-bond acceptors (Lipinski definition) is 3. The van der Waals surface area contributed by atoms with Gasteiger partial charge in [-0.25, -0.2) is 4.98 Å². The lowest BCUT2D eigenvalue weighted by Crippen LogP contribution is -2.08. The highest BCUT2D eigenvalue weighted by Crippen LogP contribution is 2.32. The number of aromatic nitrogens is 2. The molecule has 7 heteroatoms. The van der Waals surface area contributed by atoms with Gasteiger partial charge in [0, 0.05) is 12.4 Å². The first-order valence-electron chi connectivity index (χ1n) is 4.84. The highest BCUT2D eigenvalue weighted by Gasteiger charge is 2.30. The lowest BCUT2D eigenvalue weighted by Gasteiger charge is -2.11. The maximum Gasteiger partial charge on any atom is 0.416 e. The van der Waals surface area contributed by atoms with Gasteiger partial charge in [-0.1, -0.05) is 0 Å². The largest absolute Gasteiger partial charge is 0.416 e. The fourth-order valence-electron chi connectivity index (χ4n) is 1.53. The molecule has 0 saturated carbocycles. The fraction of sp³-hybridized carbons (Fsp3) is 0.0909. The van der Waals surface area contributed by atoms with E-state index in [2.05, 4.69) is 4.98 Å². The molecule has 1 heterocycles. The van der Waals surface area contributed by atoms with Gasteiger partial charge in [-0.2, -0.15) is 18.4 Å². The maximum atomic E-state index is 12.5. The molecule has 1 aromatic carbocycles. The summed E-state index contributed by atoms with van der Waals surface area (Å²) in [7, 11) is 0. The van der Waals surface area contributed by atoms with Crippen molar-refractivity contribution in [3.63, 3.8) is 0 Å². The van der Waals surface area contributed by atoms with Crippen molar-refractivity contribution in [3.05, 3.63) is 42.0 Å². The van der Waals surface area contributed by atoms with E-state index in [1.54, 1.807) is 0 Å². The molecule has 2 N–H and O–H groups in total. The van der Waals surface area contributed by atoms with Gasteiger partial charge in [-0.15, -0.1) is 0 Å². The molecule has 2 aromatic rings. The van der Waals surface area contributed by atoms with Crippen molar-refractivity contribution in [2.75, 3.05) is 5.73 Å². The number of rotatable bonds is 1. The number of anilines is 1. The summed E-state index contributed by atoms with van der Waals surface area (Å²) in [5, 5.41) is 8.79. The molecule has 18 heavy (non-hydrogen) atoms. The molecule has 0 radical (unpaired) electrons. The van der Waals surface area contributed by atoms with E-state index in [1.807, 2.05) is 6.07 Å². The van der Waals surface area contributed by atoms with Gasteiger partial charge in [-0.05, 0) is 18.2 Å². The van der Waals surface area contributed by atoms with E-state index in [0.717, 1.165) is 12.1 Å². The van der Waals surface area contributed by atoms with E-state index in [0.29, 0.717) is 0 Å². The van der Waals surface area contributed by atoms with Crippen LogP contribution in [0.3, 0.4) is 0 Å². The Balaban J connectivity index is 2.53. The zero-order valence-electron chi connectivity index (χ0n) is 8.94. The summed E-state index contributed by atoms with van der Waals surface area (Å²) in [6, 6.07) is 4.77. The van der Waals surface area contributed by atoms with Crippen LogP contribution in [0.5, 0.6) is 0 Å². The van der Waals surface area contributed by atoms with Gasteiger partial charge in [0.1, 0.15) is 6.07 Å². The van der Waals surface area contributed by atoms with Gasteiger partial charge in [0.2, 0.25) is 5.82 Å². The fourth-order valence-corrected chi connectivity index (χ4v) is 1.53. The first-order chi connectivity index (χ1) is 8.43. The number of benzene rings is 1. The number of imidazole rings is 1. The monoisotopic (exact) mass is 252 g/mol. The SMILES string of the molecule is N#Cc1nccn1-c1ccc(C(F)(F)F)cc1N. The lowest BCUT2D eigenvalue weighted by atomic mass is 10.1. The number of nitriles is 1. The summed E-state index contributed by atoms with van der Waals surface area (Å²) in [6.07, 6.45) is -1.62. The van der Waals surface area contributed by atoms with Gasteiger partial charge >= 0.3 is 6.18 Å². The molecule has 92 valence electrons. The number of halogens is 3. The van der Waals surface area contributed by atoms with Crippen molar-refractivity contribution in [1.29, 1.82) is 5.26 Å². The van der Waals surface area contributed by atoms with E-state index in [-0.39, 0.29) is 17.2 Å². The number of nitrogens with two attached hydrogens (primary N) is 1. The number of hydrogen-bond donors (Lipinski definition) is 1. The zero-order valence-corrected chi connectivity index (χ0v) is 8.94. The molecule has 0 bridgehead atoms. The molecule has 0 aliphatic carbocycles. The van der Waals surface area contributed by atoms with Crippen LogP contribution in [0.15, 0.2) is 30.6 Å². The summed E-state index contributed by atoms with van der Waals surface area (Å²) < 4.78 is 38.7. The number of nitrogens with zero attached hydrogens (tertiary/aromatic N) is 3. The summed E-state index contributed by atoms with van der Waals surface area (Å²) >= 11 is 0. The molecule has 2 rings (SSSR count). The van der Waals surface area contributed by atoms with Crippen LogP contribution in [0.4, 0.5) is 18.9 Å². The second-order valence-corrected chi connectivity index (χ2v) is 3.50. The van der Waals surface area contributed by atoms with Crippen LogP contribution in [-0.2, 0) is 6.18 Å². The number of alkyl halides is 3. The predicted octanol–water partition coefficient (Wildman–Crippen LogP) is 2.34. The Morgan fingerprint density at radius 3 is 2.61 bits per heavy atom. The van der Waals surface area contributed by atoms with Crippen LogP contribution >= 0.6 is 0 Å². The van der Waals surface area contributed by atoms with Crippen LogP contribution in [-0.4, -0.2) is 9.55 Å². The smallest absolute Gasteiger partial charge is 0.397 e. The quantitative estimate of drug-likeness (QED) is 0.792. The van der Waals surface area contributed by atoms with E-state index in [1.165, 1.54) is 23.0 Å². The van der Waals surface area contributed by atoms with Gasteiger partial charge in [-0.3, -0.25) is 4.57 Å². The van der Waals surface area contributed by atoms with Crippen LogP contribution in [0, 0.1) is 11.3 Å². The van der Waals surface area contributed by atoms with Crippen LogP contribution in [0.25, 0.3) is 5.69 Å². The van der Waals surface area contributed by atoms with Crippen molar-refractivity contribution in [2.45, 2.75) is 6.18 Å². The van der Waals surface area contributed by atoms with Crippen molar-refractivity contribution < 1.29 is 13.2 Å². The topological polar surface area (TPSA) is 67.6 Å². The molecular formula is C11H7F3N4. The molecule has 4 nitrogen and oxygen atoms in total. The van der Waals surface area contributed by atoms with E-state index in [9.17, 15) is 13.2 Å². The Kier molecular flexibility index (Phi) is 2.71. The highest BCUT2D eigenvalue weighted by atomic mass is 19.4. The number of nitrogen functional groups attached to an aromatic ring is 1. The second-order valence-electron chi connectivity index (χ2n) is 3.50. The summed E-state index contributed by atoms with van der Waals surface area (Å²) in [5.41, 5.74) is 4.96. The summed E-state index contributed by atoms with van der Waals surface area (Å²) in [4.78, 5) is 3.75. The first-order valence-corrected chi connectivity index (χ1v) is 4.84. The van der Waals surface area contributed by atoms with Crippen molar-refractivity contribution >= 4 is 5.69 Å². The normalized spacial score (nSPS) is 11.2. The minimum Gasteiger partial charge on any atom is -0.397 e. The van der Waals surface area contributed by atoms with Crippen molar-refractivity contribution in [1.82, 2.24) is 9.55 Å². The third-order valence-corrected chi connectivity index (χ3v) is 2.36. The maximum absolute atomic E-state index is 12.5. The molecule has 1 aromatic heterocycles. The van der Waals surface area contributed by atoms with E-state index < -0.39 is 11.7 Å². The molecule has 0 amide bonds. The molecule has 0 unspecified atom stereocenters. The lowest BCUT2D eigenvalue weighted by molar-refractivity contribution is -0.137. The molecule has 0 aliphatic rings. The molecule has 0 fully saturated rings. The average Bonchev–Trinajstić information content (AvgIpc) is 2.75. The standard InChI is InChI=1S/C11H7F3N4/c12-11(13,14)7-1-2-9(8(16)5-7)18-4-3-17-10(18)6-15/h1-5H,16H2. The Labute approximate surface area is 100 Å².